The van der Waals surface area contributed by atoms with Gasteiger partial charge in [0, 0.05) is 17.8 Å². The highest BCUT2D eigenvalue weighted by Crippen LogP contribution is 2.21. The van der Waals surface area contributed by atoms with Crippen molar-refractivity contribution in [3.8, 4) is 0 Å². The molecule has 0 aliphatic rings. The molecule has 0 saturated carbocycles. The number of nitrogens with one attached hydrogen (secondary N) is 2. The van der Waals surface area contributed by atoms with E-state index in [9.17, 15) is 13.2 Å². The first-order valence-corrected chi connectivity index (χ1v) is 10.9. The molecule has 5 nitrogen and oxygen atoms in total. The maximum absolute atomic E-state index is 12.8. The average Bonchev–Trinajstić information content (AvgIpc) is 2.73. The molecule has 0 bridgehead atoms. The highest BCUT2D eigenvalue weighted by atomic mass is 32.2. The van der Waals surface area contributed by atoms with Crippen molar-refractivity contribution in [2.24, 2.45) is 0 Å². The molecule has 2 N–H and O–H groups in total. The molecule has 0 radical (unpaired) electrons. The zero-order valence-electron chi connectivity index (χ0n) is 16.4. The van der Waals surface area contributed by atoms with Crippen LogP contribution in [0.1, 0.15) is 34.3 Å². The summed E-state index contributed by atoms with van der Waals surface area (Å²) in [6, 6.07) is 23.3. The number of aryl methyl sites for hydroxylation is 1. The summed E-state index contributed by atoms with van der Waals surface area (Å²) in [5.41, 5.74) is 2.48. The maximum atomic E-state index is 12.8. The molecule has 150 valence electrons. The molecule has 0 heterocycles. The fourth-order valence-corrected chi connectivity index (χ4v) is 4.32. The van der Waals surface area contributed by atoms with E-state index in [1.165, 1.54) is 6.07 Å². The fraction of sp³-hybridized carbons (Fsp3) is 0.174. The molecule has 0 unspecified atom stereocenters. The second-order valence-electron chi connectivity index (χ2n) is 6.97. The van der Waals surface area contributed by atoms with Gasteiger partial charge < -0.3 is 5.32 Å². The van der Waals surface area contributed by atoms with Crippen LogP contribution in [0.3, 0.4) is 0 Å². The van der Waals surface area contributed by atoms with Crippen LogP contribution in [-0.2, 0) is 10.0 Å². The Balaban J connectivity index is 1.75. The molecule has 0 aliphatic heterocycles. The lowest BCUT2D eigenvalue weighted by atomic mass is 10.0. The Bertz CT molecular complexity index is 1080. The van der Waals surface area contributed by atoms with Crippen LogP contribution in [0.4, 0.5) is 5.69 Å². The Kier molecular flexibility index (Phi) is 6.34. The van der Waals surface area contributed by atoms with Crippen LogP contribution in [0.2, 0.25) is 0 Å². The van der Waals surface area contributed by atoms with Crippen molar-refractivity contribution in [3.05, 3.63) is 95.6 Å². The van der Waals surface area contributed by atoms with Gasteiger partial charge in [-0.1, -0.05) is 61.5 Å². The Hall–Kier alpha value is -3.12. The number of para-hydroxylation sites is 1. The maximum Gasteiger partial charge on any atom is 0.262 e. The minimum absolute atomic E-state index is 0.0881. The predicted octanol–water partition coefficient (Wildman–Crippen LogP) is 4.33. The van der Waals surface area contributed by atoms with Crippen molar-refractivity contribution in [2.45, 2.75) is 24.7 Å². The van der Waals surface area contributed by atoms with E-state index in [0.29, 0.717) is 23.4 Å². The summed E-state index contributed by atoms with van der Waals surface area (Å²) < 4.78 is 28.2. The third-order valence-electron chi connectivity index (χ3n) is 4.70. The number of benzene rings is 3. The number of hydrogen-bond acceptors (Lipinski definition) is 3. The Labute approximate surface area is 171 Å². The summed E-state index contributed by atoms with van der Waals surface area (Å²) in [5, 5.41) is 2.89. The monoisotopic (exact) mass is 408 g/mol. The van der Waals surface area contributed by atoms with E-state index >= 15 is 0 Å². The quantitative estimate of drug-likeness (QED) is 0.611. The van der Waals surface area contributed by atoms with Crippen LogP contribution in [0, 0.1) is 6.92 Å². The third kappa shape index (κ3) is 5.23. The Morgan fingerprint density at radius 2 is 1.55 bits per heavy atom. The predicted molar refractivity (Wildman–Crippen MR) is 116 cm³/mol. The zero-order valence-corrected chi connectivity index (χ0v) is 17.2. The molecular weight excluding hydrogens is 384 g/mol. The first-order chi connectivity index (χ1) is 13.9. The minimum atomic E-state index is -3.80. The lowest BCUT2D eigenvalue weighted by Crippen LogP contribution is -2.28. The number of hydrogen-bond donors (Lipinski definition) is 2. The van der Waals surface area contributed by atoms with Gasteiger partial charge in [-0.2, -0.15) is 0 Å². The molecule has 0 aliphatic carbocycles. The van der Waals surface area contributed by atoms with Crippen molar-refractivity contribution < 1.29 is 13.2 Å². The van der Waals surface area contributed by atoms with Gasteiger partial charge in [0.05, 0.1) is 4.90 Å². The number of rotatable bonds is 7. The molecule has 6 heteroatoms. The lowest BCUT2D eigenvalue weighted by molar-refractivity contribution is 0.0951. The van der Waals surface area contributed by atoms with Gasteiger partial charge in [-0.05, 0) is 48.2 Å². The number of carbonyl (C=O) groups is 1. The van der Waals surface area contributed by atoms with E-state index in [1.807, 2.05) is 43.3 Å². The second kappa shape index (κ2) is 8.92. The summed E-state index contributed by atoms with van der Waals surface area (Å²) in [5.74, 6) is -0.155. The van der Waals surface area contributed by atoms with Gasteiger partial charge in [-0.25, -0.2) is 8.42 Å². The van der Waals surface area contributed by atoms with Gasteiger partial charge in [0.15, 0.2) is 0 Å². The summed E-state index contributed by atoms with van der Waals surface area (Å²) in [4.78, 5) is 12.7. The standard InChI is InChI=1S/C23H24N2O3S/c1-17-13-14-20(23(26)24-16-18(2)19-9-5-3-6-10-19)15-22(17)29(27,28)25-21-11-7-4-8-12-21/h3-15,18,25H,16H2,1-2H3,(H,24,26)/t18-/m0/s1. The van der Waals surface area contributed by atoms with Gasteiger partial charge in [0.2, 0.25) is 0 Å². The first kappa shape index (κ1) is 20.6. The van der Waals surface area contributed by atoms with Gasteiger partial charge in [0.25, 0.3) is 15.9 Å². The Morgan fingerprint density at radius 3 is 2.21 bits per heavy atom. The SMILES string of the molecule is Cc1ccc(C(=O)NC[C@H](C)c2ccccc2)cc1S(=O)(=O)Nc1ccccc1. The average molecular weight is 409 g/mol. The summed E-state index contributed by atoms with van der Waals surface area (Å²) in [6.45, 7) is 4.20. The van der Waals surface area contributed by atoms with Gasteiger partial charge in [0.1, 0.15) is 0 Å². The van der Waals surface area contributed by atoms with Crippen molar-refractivity contribution >= 4 is 21.6 Å². The summed E-state index contributed by atoms with van der Waals surface area (Å²) in [6.07, 6.45) is 0. The highest BCUT2D eigenvalue weighted by Gasteiger charge is 2.19. The van der Waals surface area contributed by atoms with Crippen LogP contribution in [0.25, 0.3) is 0 Å². The van der Waals surface area contributed by atoms with E-state index in [0.717, 1.165) is 5.56 Å². The number of amides is 1. The van der Waals surface area contributed by atoms with E-state index < -0.39 is 10.0 Å². The van der Waals surface area contributed by atoms with Crippen molar-refractivity contribution in [3.63, 3.8) is 0 Å². The fourth-order valence-electron chi connectivity index (χ4n) is 2.99. The topological polar surface area (TPSA) is 75.3 Å². The largest absolute Gasteiger partial charge is 0.351 e. The van der Waals surface area contributed by atoms with Crippen LogP contribution < -0.4 is 10.0 Å². The molecular formula is C23H24N2O3S. The normalized spacial score (nSPS) is 12.2. The second-order valence-corrected chi connectivity index (χ2v) is 8.62. The van der Waals surface area contributed by atoms with Crippen LogP contribution >= 0.6 is 0 Å². The molecule has 0 fully saturated rings. The molecule has 3 aromatic rings. The number of carbonyl (C=O) groups excluding carboxylic acids is 1. The van der Waals surface area contributed by atoms with E-state index in [1.54, 1.807) is 43.3 Å². The van der Waals surface area contributed by atoms with Crippen LogP contribution in [0.15, 0.2) is 83.8 Å². The molecule has 0 spiro atoms. The first-order valence-electron chi connectivity index (χ1n) is 9.38. The zero-order chi connectivity index (χ0) is 20.9. The van der Waals surface area contributed by atoms with Gasteiger partial charge >= 0.3 is 0 Å². The molecule has 1 atom stereocenters. The summed E-state index contributed by atoms with van der Waals surface area (Å²) >= 11 is 0. The van der Waals surface area contributed by atoms with Crippen molar-refractivity contribution in [2.75, 3.05) is 11.3 Å². The molecule has 0 aromatic heterocycles. The highest BCUT2D eigenvalue weighted by molar-refractivity contribution is 7.92. The van der Waals surface area contributed by atoms with Crippen LogP contribution in [0.5, 0.6) is 0 Å². The number of anilines is 1. The Morgan fingerprint density at radius 1 is 0.931 bits per heavy atom. The molecule has 3 rings (SSSR count). The van der Waals surface area contributed by atoms with Gasteiger partial charge in [-0.15, -0.1) is 0 Å². The van der Waals surface area contributed by atoms with Crippen molar-refractivity contribution in [1.29, 1.82) is 0 Å². The molecule has 1 amide bonds. The number of sulfonamides is 1. The molecule has 3 aromatic carbocycles. The van der Waals surface area contributed by atoms with E-state index in [4.69, 9.17) is 0 Å². The smallest absolute Gasteiger partial charge is 0.262 e. The van der Waals surface area contributed by atoms with Gasteiger partial charge in [-0.3, -0.25) is 9.52 Å². The molecule has 0 saturated heterocycles. The molecule has 29 heavy (non-hydrogen) atoms. The minimum Gasteiger partial charge on any atom is -0.351 e. The van der Waals surface area contributed by atoms with Crippen LogP contribution in [-0.4, -0.2) is 20.9 Å². The lowest BCUT2D eigenvalue weighted by Gasteiger charge is -2.14. The van der Waals surface area contributed by atoms with Crippen molar-refractivity contribution in [1.82, 2.24) is 5.32 Å². The van der Waals surface area contributed by atoms with E-state index in [2.05, 4.69) is 10.0 Å². The summed E-state index contributed by atoms with van der Waals surface area (Å²) in [7, 11) is -3.80. The third-order valence-corrected chi connectivity index (χ3v) is 6.23. The van der Waals surface area contributed by atoms with E-state index in [-0.39, 0.29) is 16.7 Å².